The van der Waals surface area contributed by atoms with Crippen LogP contribution in [0.2, 0.25) is 0 Å². The van der Waals surface area contributed by atoms with Crippen LogP contribution in [0.5, 0.6) is 5.75 Å². The molecule has 0 aliphatic rings. The first-order valence-electron chi connectivity index (χ1n) is 6.06. The standard InChI is InChI=1S/C15H15FN2OS/c1-10-8-13(19-2)6-7-14(10)18-15(20)17-12-5-3-4-11(16)9-12/h3-9H,1-2H3,(H2,17,18,20). The molecule has 0 saturated carbocycles. The number of thiocarbonyl (C=S) groups is 1. The summed E-state index contributed by atoms with van der Waals surface area (Å²) in [7, 11) is 1.62. The highest BCUT2D eigenvalue weighted by Gasteiger charge is 2.03. The lowest BCUT2D eigenvalue weighted by atomic mass is 10.2. The fraction of sp³-hybridized carbons (Fsp3) is 0.133. The van der Waals surface area contributed by atoms with E-state index in [1.807, 2.05) is 25.1 Å². The van der Waals surface area contributed by atoms with Gasteiger partial charge >= 0.3 is 0 Å². The van der Waals surface area contributed by atoms with E-state index in [9.17, 15) is 4.39 Å². The number of rotatable bonds is 3. The second-order valence-corrected chi connectivity index (χ2v) is 4.68. The van der Waals surface area contributed by atoms with Gasteiger partial charge in [0, 0.05) is 11.4 Å². The first-order chi connectivity index (χ1) is 9.58. The van der Waals surface area contributed by atoms with Crippen molar-refractivity contribution < 1.29 is 9.13 Å². The predicted octanol–water partition coefficient (Wildman–Crippen LogP) is 3.95. The molecule has 0 aliphatic heterocycles. The van der Waals surface area contributed by atoms with Crippen LogP contribution in [0.4, 0.5) is 15.8 Å². The largest absolute Gasteiger partial charge is 0.497 e. The number of benzene rings is 2. The fourth-order valence-corrected chi connectivity index (χ4v) is 1.98. The third-order valence-electron chi connectivity index (χ3n) is 2.76. The Bertz CT molecular complexity index is 631. The summed E-state index contributed by atoms with van der Waals surface area (Å²) < 4.78 is 18.2. The Morgan fingerprint density at radius 2 is 1.95 bits per heavy atom. The van der Waals surface area contributed by atoms with Crippen molar-refractivity contribution in [3.63, 3.8) is 0 Å². The molecule has 0 atom stereocenters. The zero-order valence-corrected chi connectivity index (χ0v) is 12.1. The SMILES string of the molecule is COc1ccc(NC(=S)Nc2cccc(F)c2)c(C)c1. The van der Waals surface area contributed by atoms with E-state index >= 15 is 0 Å². The van der Waals surface area contributed by atoms with Gasteiger partial charge in [-0.1, -0.05) is 6.07 Å². The topological polar surface area (TPSA) is 33.3 Å². The van der Waals surface area contributed by atoms with Gasteiger partial charge in [0.1, 0.15) is 11.6 Å². The van der Waals surface area contributed by atoms with Crippen molar-refractivity contribution in [2.75, 3.05) is 17.7 Å². The lowest BCUT2D eigenvalue weighted by Crippen LogP contribution is -2.19. The van der Waals surface area contributed by atoms with Crippen molar-refractivity contribution in [1.29, 1.82) is 0 Å². The Morgan fingerprint density at radius 1 is 1.15 bits per heavy atom. The molecule has 0 amide bonds. The lowest BCUT2D eigenvalue weighted by molar-refractivity contribution is 0.414. The van der Waals surface area contributed by atoms with Gasteiger partial charge in [0.05, 0.1) is 7.11 Å². The monoisotopic (exact) mass is 290 g/mol. The summed E-state index contributed by atoms with van der Waals surface area (Å²) in [6, 6.07) is 11.8. The molecule has 5 heteroatoms. The molecule has 0 bridgehead atoms. The first kappa shape index (κ1) is 14.3. The van der Waals surface area contributed by atoms with Gasteiger partial charge in [0.2, 0.25) is 0 Å². The predicted molar refractivity (Wildman–Crippen MR) is 84.0 cm³/mol. The highest BCUT2D eigenvalue weighted by Crippen LogP contribution is 2.21. The molecule has 104 valence electrons. The Balaban J connectivity index is 2.05. The Labute approximate surface area is 122 Å². The Kier molecular flexibility index (Phi) is 4.53. The molecule has 0 unspecified atom stereocenters. The van der Waals surface area contributed by atoms with Crippen LogP contribution >= 0.6 is 12.2 Å². The molecule has 0 radical (unpaired) electrons. The number of hydrogen-bond acceptors (Lipinski definition) is 2. The summed E-state index contributed by atoms with van der Waals surface area (Å²) in [5.41, 5.74) is 2.49. The van der Waals surface area contributed by atoms with Gasteiger partial charge in [-0.25, -0.2) is 4.39 Å². The minimum absolute atomic E-state index is 0.307. The van der Waals surface area contributed by atoms with E-state index in [1.54, 1.807) is 19.2 Å². The molecule has 0 aromatic heterocycles. The Morgan fingerprint density at radius 3 is 2.60 bits per heavy atom. The van der Waals surface area contributed by atoms with Crippen molar-refractivity contribution in [3.8, 4) is 5.75 Å². The fourth-order valence-electron chi connectivity index (χ4n) is 1.75. The quantitative estimate of drug-likeness (QED) is 0.839. The summed E-state index contributed by atoms with van der Waals surface area (Å²) in [6.45, 7) is 1.95. The number of anilines is 2. The smallest absolute Gasteiger partial charge is 0.175 e. The number of aryl methyl sites for hydroxylation is 1. The summed E-state index contributed by atoms with van der Waals surface area (Å²) in [5, 5.41) is 6.41. The maximum absolute atomic E-state index is 13.1. The van der Waals surface area contributed by atoms with Crippen LogP contribution in [-0.2, 0) is 0 Å². The second-order valence-electron chi connectivity index (χ2n) is 4.27. The van der Waals surface area contributed by atoms with E-state index in [4.69, 9.17) is 17.0 Å². The molecule has 2 N–H and O–H groups in total. The maximum atomic E-state index is 13.1. The highest BCUT2D eigenvalue weighted by molar-refractivity contribution is 7.80. The van der Waals surface area contributed by atoms with Crippen molar-refractivity contribution >= 4 is 28.7 Å². The molecule has 0 saturated heterocycles. The molecule has 0 spiro atoms. The molecular formula is C15H15FN2OS. The van der Waals surface area contributed by atoms with Crippen molar-refractivity contribution in [1.82, 2.24) is 0 Å². The highest BCUT2D eigenvalue weighted by atomic mass is 32.1. The van der Waals surface area contributed by atoms with E-state index in [0.717, 1.165) is 17.0 Å². The Hall–Kier alpha value is -2.14. The molecule has 20 heavy (non-hydrogen) atoms. The van der Waals surface area contributed by atoms with E-state index in [-0.39, 0.29) is 5.82 Å². The van der Waals surface area contributed by atoms with E-state index < -0.39 is 0 Å². The van der Waals surface area contributed by atoms with Crippen LogP contribution in [0.1, 0.15) is 5.56 Å². The zero-order valence-electron chi connectivity index (χ0n) is 11.2. The summed E-state index contributed by atoms with van der Waals surface area (Å²) in [4.78, 5) is 0. The number of halogens is 1. The van der Waals surface area contributed by atoms with Gasteiger partial charge in [0.25, 0.3) is 0 Å². The van der Waals surface area contributed by atoms with Gasteiger partial charge in [-0.05, 0) is 61.1 Å². The van der Waals surface area contributed by atoms with E-state index in [0.29, 0.717) is 10.8 Å². The molecule has 3 nitrogen and oxygen atoms in total. The average molecular weight is 290 g/mol. The van der Waals surface area contributed by atoms with Gasteiger partial charge in [-0.2, -0.15) is 0 Å². The maximum Gasteiger partial charge on any atom is 0.175 e. The normalized spacial score (nSPS) is 9.95. The molecule has 0 aliphatic carbocycles. The molecule has 0 fully saturated rings. The van der Waals surface area contributed by atoms with Crippen molar-refractivity contribution in [2.24, 2.45) is 0 Å². The lowest BCUT2D eigenvalue weighted by Gasteiger charge is -2.13. The summed E-state index contributed by atoms with van der Waals surface area (Å²) in [5.74, 6) is 0.482. The number of ether oxygens (including phenoxy) is 1. The first-order valence-corrected chi connectivity index (χ1v) is 6.47. The van der Waals surface area contributed by atoms with Crippen LogP contribution < -0.4 is 15.4 Å². The number of nitrogens with one attached hydrogen (secondary N) is 2. The van der Waals surface area contributed by atoms with E-state index in [2.05, 4.69) is 10.6 Å². The molecule has 2 rings (SSSR count). The minimum atomic E-state index is -0.307. The minimum Gasteiger partial charge on any atom is -0.497 e. The van der Waals surface area contributed by atoms with Crippen LogP contribution in [0.15, 0.2) is 42.5 Å². The zero-order chi connectivity index (χ0) is 14.5. The molecule has 0 heterocycles. The summed E-state index contributed by atoms with van der Waals surface area (Å²) >= 11 is 5.21. The van der Waals surface area contributed by atoms with Crippen LogP contribution in [0.25, 0.3) is 0 Å². The van der Waals surface area contributed by atoms with Crippen molar-refractivity contribution in [3.05, 3.63) is 53.8 Å². The van der Waals surface area contributed by atoms with Gasteiger partial charge in [-0.15, -0.1) is 0 Å². The third kappa shape index (κ3) is 3.68. The van der Waals surface area contributed by atoms with E-state index in [1.165, 1.54) is 12.1 Å². The van der Waals surface area contributed by atoms with Crippen molar-refractivity contribution in [2.45, 2.75) is 6.92 Å². The molecule has 2 aromatic carbocycles. The molecule has 2 aromatic rings. The van der Waals surface area contributed by atoms with Gasteiger partial charge < -0.3 is 15.4 Å². The van der Waals surface area contributed by atoms with Gasteiger partial charge in [0.15, 0.2) is 5.11 Å². The number of methoxy groups -OCH3 is 1. The van der Waals surface area contributed by atoms with Crippen LogP contribution in [-0.4, -0.2) is 12.2 Å². The molecular weight excluding hydrogens is 275 g/mol. The second kappa shape index (κ2) is 6.34. The van der Waals surface area contributed by atoms with Gasteiger partial charge in [-0.3, -0.25) is 0 Å². The third-order valence-corrected chi connectivity index (χ3v) is 2.97. The number of hydrogen-bond donors (Lipinski definition) is 2. The van der Waals surface area contributed by atoms with Crippen LogP contribution in [0, 0.1) is 12.7 Å². The van der Waals surface area contributed by atoms with Crippen LogP contribution in [0.3, 0.4) is 0 Å². The summed E-state index contributed by atoms with van der Waals surface area (Å²) in [6.07, 6.45) is 0. The average Bonchev–Trinajstić information content (AvgIpc) is 2.41.